The molecular formula is C24H54NO6S-. The van der Waals surface area contributed by atoms with Gasteiger partial charge in [-0.2, -0.15) is 0 Å². The summed E-state index contributed by atoms with van der Waals surface area (Å²) in [4.78, 5) is 0. The summed E-state index contributed by atoms with van der Waals surface area (Å²) in [7, 11) is -5.17. The lowest BCUT2D eigenvalue weighted by atomic mass is 10.0. The normalized spacial score (nSPS) is 11.8. The summed E-state index contributed by atoms with van der Waals surface area (Å²) in [5.41, 5.74) is 3.88. The first-order valence-corrected chi connectivity index (χ1v) is 14.3. The van der Waals surface area contributed by atoms with Crippen molar-refractivity contribution in [3.05, 3.63) is 0 Å². The van der Waals surface area contributed by atoms with Gasteiger partial charge in [-0.1, -0.05) is 97.3 Å². The second kappa shape index (κ2) is 30.8. The van der Waals surface area contributed by atoms with Gasteiger partial charge in [0, 0.05) is 17.0 Å². The highest BCUT2D eigenvalue weighted by Gasteiger charge is 2.00. The second-order valence-corrected chi connectivity index (χ2v) is 9.34. The van der Waals surface area contributed by atoms with Crippen molar-refractivity contribution in [1.29, 1.82) is 0 Å². The highest BCUT2D eigenvalue weighted by molar-refractivity contribution is 7.79. The summed E-state index contributed by atoms with van der Waals surface area (Å²) in [6.45, 7) is 5.73. The highest BCUT2D eigenvalue weighted by Crippen LogP contribution is 2.12. The van der Waals surface area contributed by atoms with Crippen LogP contribution in [0, 0.1) is 0 Å². The van der Waals surface area contributed by atoms with E-state index < -0.39 is 10.4 Å². The Kier molecular flexibility index (Phi) is 34.9. The summed E-state index contributed by atoms with van der Waals surface area (Å²) in [6.07, 6.45) is 24.6. The number of aliphatic hydroxyl groups excluding tert-OH is 2. The van der Waals surface area contributed by atoms with Crippen molar-refractivity contribution in [3.8, 4) is 0 Å². The van der Waals surface area contributed by atoms with E-state index in [1.807, 2.05) is 0 Å². The first kappa shape index (κ1) is 36.3. The molecule has 1 unspecified atom stereocenters. The summed E-state index contributed by atoms with van der Waals surface area (Å²) < 4.78 is 34.1. The van der Waals surface area contributed by atoms with Crippen molar-refractivity contribution >= 4 is 10.4 Å². The average Bonchev–Trinajstić information content (AvgIpc) is 2.71. The van der Waals surface area contributed by atoms with E-state index in [4.69, 9.17) is 22.6 Å². The minimum absolute atomic E-state index is 0.142. The van der Waals surface area contributed by atoms with Crippen molar-refractivity contribution in [3.63, 3.8) is 0 Å². The molecule has 0 aromatic heterocycles. The van der Waals surface area contributed by atoms with Gasteiger partial charge in [0.05, 0.1) is 12.6 Å². The molecule has 0 saturated carbocycles. The Morgan fingerprint density at radius 1 is 0.656 bits per heavy atom. The lowest BCUT2D eigenvalue weighted by Gasteiger charge is -2.06. The van der Waals surface area contributed by atoms with Gasteiger partial charge in [0.15, 0.2) is 0 Å². The molecule has 0 rings (SSSR count). The zero-order chi connectivity index (χ0) is 24.9. The van der Waals surface area contributed by atoms with Crippen LogP contribution in [0.5, 0.6) is 0 Å². The summed E-state index contributed by atoms with van der Waals surface area (Å²) in [5.74, 6) is 0. The molecule has 7 nitrogen and oxygen atoms in total. The largest absolute Gasteiger partial charge is 0.759 e. The number of quaternary nitrogens is 1. The van der Waals surface area contributed by atoms with E-state index in [0.29, 0.717) is 0 Å². The Labute approximate surface area is 199 Å². The average molecular weight is 485 g/mol. The fourth-order valence-electron chi connectivity index (χ4n) is 3.34. The third-order valence-corrected chi connectivity index (χ3v) is 5.17. The van der Waals surface area contributed by atoms with Crippen molar-refractivity contribution in [2.24, 2.45) is 0 Å². The maximum absolute atomic E-state index is 9.19. The maximum atomic E-state index is 9.19. The molecule has 8 heteroatoms. The van der Waals surface area contributed by atoms with Crippen LogP contribution in [0.3, 0.4) is 0 Å². The van der Waals surface area contributed by atoms with Gasteiger partial charge in [-0.05, 0) is 38.5 Å². The molecule has 0 heterocycles. The smallest absolute Gasteiger partial charge is 0.0739 e. The predicted octanol–water partition coefficient (Wildman–Crippen LogP) is 4.68. The molecule has 0 aliphatic heterocycles. The number of aliphatic hydroxyl groups is 2. The van der Waals surface area contributed by atoms with E-state index in [9.17, 15) is 5.11 Å². The quantitative estimate of drug-likeness (QED) is 0.130. The number of hydrogen-bond donors (Lipinski definition) is 3. The molecule has 0 aliphatic carbocycles. The molecular weight excluding hydrogens is 430 g/mol. The summed E-state index contributed by atoms with van der Waals surface area (Å²) in [6, 6.07) is 0. The molecule has 0 fully saturated rings. The minimum atomic E-state index is -5.17. The molecule has 0 aromatic carbocycles. The SMILES string of the molecule is CCCC(O)CCCCO.CCCCCCCCCCCCCCCC[NH3+].O=S(=O)([O-])[O-]. The van der Waals surface area contributed by atoms with Gasteiger partial charge in [0.2, 0.25) is 0 Å². The Balaban J connectivity index is -0.000000471. The van der Waals surface area contributed by atoms with Crippen LogP contribution in [0.25, 0.3) is 0 Å². The zero-order valence-corrected chi connectivity index (χ0v) is 21.9. The Hall–Kier alpha value is -0.250. The van der Waals surface area contributed by atoms with E-state index in [0.717, 1.165) is 38.6 Å². The van der Waals surface area contributed by atoms with Gasteiger partial charge in [0.25, 0.3) is 0 Å². The standard InChI is InChI=1S/C16H35N.C8H18O2.H2O4S/c1-2-3-4-5-6-7-8-9-10-11-12-13-14-15-16-17;1-2-5-8(10)6-3-4-7-9;1-5(2,3)4/h2-17H2,1H3;8-10H,2-7H2,1H3;(H2,1,2,3,4)/p-1. The molecule has 0 bridgehead atoms. The van der Waals surface area contributed by atoms with E-state index >= 15 is 0 Å². The van der Waals surface area contributed by atoms with Crippen molar-refractivity contribution in [1.82, 2.24) is 0 Å². The molecule has 1 atom stereocenters. The number of rotatable bonds is 20. The van der Waals surface area contributed by atoms with Gasteiger partial charge in [-0.25, -0.2) is 0 Å². The van der Waals surface area contributed by atoms with E-state index in [-0.39, 0.29) is 12.7 Å². The molecule has 0 amide bonds. The first-order valence-electron chi connectivity index (χ1n) is 13.0. The lowest BCUT2D eigenvalue weighted by molar-refractivity contribution is -0.368. The fraction of sp³-hybridized carbons (Fsp3) is 1.00. The van der Waals surface area contributed by atoms with Gasteiger partial charge < -0.3 is 25.1 Å². The van der Waals surface area contributed by atoms with Crippen molar-refractivity contribution < 1.29 is 33.5 Å². The van der Waals surface area contributed by atoms with Crippen molar-refractivity contribution in [2.45, 2.75) is 142 Å². The van der Waals surface area contributed by atoms with E-state index in [2.05, 4.69) is 19.6 Å². The predicted molar refractivity (Wildman–Crippen MR) is 130 cm³/mol. The molecule has 5 N–H and O–H groups in total. The van der Waals surface area contributed by atoms with Crippen LogP contribution in [0.4, 0.5) is 0 Å². The molecule has 0 aliphatic rings. The molecule has 198 valence electrons. The highest BCUT2D eigenvalue weighted by atomic mass is 32.3. The summed E-state index contributed by atoms with van der Waals surface area (Å²) in [5, 5.41) is 17.6. The molecule has 0 aromatic rings. The fourth-order valence-corrected chi connectivity index (χ4v) is 3.34. The van der Waals surface area contributed by atoms with Crippen LogP contribution in [0.2, 0.25) is 0 Å². The topological polar surface area (TPSA) is 148 Å². The van der Waals surface area contributed by atoms with Crippen molar-refractivity contribution in [2.75, 3.05) is 13.2 Å². The number of hydrogen-bond acceptors (Lipinski definition) is 6. The van der Waals surface area contributed by atoms with Crippen LogP contribution < -0.4 is 5.73 Å². The summed E-state index contributed by atoms with van der Waals surface area (Å²) >= 11 is 0. The Bertz CT molecular complexity index is 399. The Morgan fingerprint density at radius 3 is 1.34 bits per heavy atom. The van der Waals surface area contributed by atoms with Crippen LogP contribution >= 0.6 is 0 Å². The van der Waals surface area contributed by atoms with Crippen LogP contribution in [-0.2, 0) is 10.4 Å². The third-order valence-electron chi connectivity index (χ3n) is 5.17. The van der Waals surface area contributed by atoms with Gasteiger partial charge in [-0.15, -0.1) is 0 Å². The minimum Gasteiger partial charge on any atom is -0.759 e. The first-order chi connectivity index (χ1) is 15.2. The van der Waals surface area contributed by atoms with Crippen LogP contribution in [0.1, 0.15) is 136 Å². The Morgan fingerprint density at radius 2 is 1.03 bits per heavy atom. The monoisotopic (exact) mass is 484 g/mol. The van der Waals surface area contributed by atoms with E-state index in [1.54, 1.807) is 0 Å². The van der Waals surface area contributed by atoms with Gasteiger partial charge in [0.1, 0.15) is 0 Å². The van der Waals surface area contributed by atoms with Crippen LogP contribution in [-0.4, -0.2) is 47.0 Å². The number of unbranched alkanes of at least 4 members (excludes halogenated alkanes) is 14. The van der Waals surface area contributed by atoms with Gasteiger partial charge >= 0.3 is 0 Å². The maximum Gasteiger partial charge on any atom is 0.0739 e. The lowest BCUT2D eigenvalue weighted by Crippen LogP contribution is -2.50. The molecule has 0 saturated heterocycles. The molecule has 32 heavy (non-hydrogen) atoms. The third kappa shape index (κ3) is 52.0. The van der Waals surface area contributed by atoms with E-state index in [1.165, 1.54) is 89.9 Å². The molecule has 0 spiro atoms. The van der Waals surface area contributed by atoms with Gasteiger partial charge in [-0.3, -0.25) is 8.42 Å². The zero-order valence-electron chi connectivity index (χ0n) is 21.1. The molecule has 0 radical (unpaired) electrons. The van der Waals surface area contributed by atoms with Crippen LogP contribution in [0.15, 0.2) is 0 Å². The second-order valence-electron chi connectivity index (χ2n) is 8.52.